The van der Waals surface area contributed by atoms with Gasteiger partial charge in [0.1, 0.15) is 5.75 Å². The number of fused-ring (bicyclic) bond motifs is 1. The minimum atomic E-state index is -0.876. The van der Waals surface area contributed by atoms with Crippen LogP contribution in [0, 0.1) is 5.92 Å². The van der Waals surface area contributed by atoms with E-state index < -0.39 is 5.97 Å². The molecule has 1 amide bonds. The third-order valence-corrected chi connectivity index (χ3v) is 3.60. The van der Waals surface area contributed by atoms with Crippen molar-refractivity contribution in [2.24, 2.45) is 5.92 Å². The molecule has 1 heterocycles. The molecular weight excluding hydrogens is 258 g/mol. The first-order valence-electron chi connectivity index (χ1n) is 6.76. The summed E-state index contributed by atoms with van der Waals surface area (Å²) in [5.41, 5.74) is 2.13. The number of carboxylic acids is 1. The van der Waals surface area contributed by atoms with Crippen molar-refractivity contribution in [2.45, 2.75) is 32.7 Å². The second-order valence-electron chi connectivity index (χ2n) is 5.43. The lowest BCUT2D eigenvalue weighted by atomic mass is 9.97. The standard InChI is InChI=1S/C15H19NO4/c1-10(7-15(19)20)6-14(18)16-5-4-11-2-3-13(17)8-12(11)9-16/h2-3,8,10,17H,4-7,9H2,1H3,(H,19,20). The molecule has 1 aromatic carbocycles. The minimum absolute atomic E-state index is 0.0109. The SMILES string of the molecule is CC(CC(=O)O)CC(=O)N1CCc2ccc(O)cc2C1. The van der Waals surface area contributed by atoms with Gasteiger partial charge >= 0.3 is 5.97 Å². The molecule has 5 nitrogen and oxygen atoms in total. The molecule has 1 atom stereocenters. The zero-order valence-electron chi connectivity index (χ0n) is 11.5. The lowest BCUT2D eigenvalue weighted by molar-refractivity contribution is -0.138. The molecule has 20 heavy (non-hydrogen) atoms. The summed E-state index contributed by atoms with van der Waals surface area (Å²) in [7, 11) is 0. The van der Waals surface area contributed by atoms with E-state index in [0.717, 1.165) is 17.5 Å². The molecular formula is C15H19NO4. The second kappa shape index (κ2) is 5.94. The van der Waals surface area contributed by atoms with E-state index in [1.807, 2.05) is 6.07 Å². The first-order valence-corrected chi connectivity index (χ1v) is 6.76. The van der Waals surface area contributed by atoms with Gasteiger partial charge in [-0.1, -0.05) is 13.0 Å². The van der Waals surface area contributed by atoms with Crippen LogP contribution in [-0.4, -0.2) is 33.5 Å². The van der Waals surface area contributed by atoms with Crippen molar-refractivity contribution in [3.8, 4) is 5.75 Å². The van der Waals surface area contributed by atoms with Crippen LogP contribution in [0.25, 0.3) is 0 Å². The Labute approximate surface area is 117 Å². The highest BCUT2D eigenvalue weighted by atomic mass is 16.4. The van der Waals surface area contributed by atoms with Gasteiger partial charge in [-0.05, 0) is 35.6 Å². The van der Waals surface area contributed by atoms with Gasteiger partial charge in [-0.2, -0.15) is 0 Å². The summed E-state index contributed by atoms with van der Waals surface area (Å²) in [5, 5.41) is 18.2. The van der Waals surface area contributed by atoms with Crippen LogP contribution >= 0.6 is 0 Å². The average molecular weight is 277 g/mol. The predicted molar refractivity (Wildman–Crippen MR) is 73.3 cm³/mol. The maximum absolute atomic E-state index is 12.2. The number of aliphatic carboxylic acids is 1. The molecule has 0 aliphatic carbocycles. The number of carboxylic acid groups (broad SMARTS) is 1. The minimum Gasteiger partial charge on any atom is -0.508 e. The van der Waals surface area contributed by atoms with Crippen molar-refractivity contribution < 1.29 is 19.8 Å². The summed E-state index contributed by atoms with van der Waals surface area (Å²) in [6, 6.07) is 5.24. The number of rotatable bonds is 4. The molecule has 1 aliphatic heterocycles. The number of carbonyl (C=O) groups excluding carboxylic acids is 1. The van der Waals surface area contributed by atoms with Gasteiger partial charge in [0.05, 0.1) is 0 Å². The molecule has 1 aromatic rings. The van der Waals surface area contributed by atoms with Crippen LogP contribution in [0.4, 0.5) is 0 Å². The lowest BCUT2D eigenvalue weighted by Crippen LogP contribution is -2.36. The number of benzene rings is 1. The largest absolute Gasteiger partial charge is 0.508 e. The fraction of sp³-hybridized carbons (Fsp3) is 0.467. The Morgan fingerprint density at radius 1 is 1.30 bits per heavy atom. The number of hydrogen-bond donors (Lipinski definition) is 2. The fourth-order valence-corrected chi connectivity index (χ4v) is 2.55. The topological polar surface area (TPSA) is 77.8 Å². The van der Waals surface area contributed by atoms with Crippen molar-refractivity contribution in [1.29, 1.82) is 0 Å². The molecule has 2 N–H and O–H groups in total. The molecule has 0 saturated heterocycles. The highest BCUT2D eigenvalue weighted by Crippen LogP contribution is 2.24. The number of aromatic hydroxyl groups is 1. The summed E-state index contributed by atoms with van der Waals surface area (Å²) in [6.07, 6.45) is 1.03. The number of hydrogen-bond acceptors (Lipinski definition) is 3. The molecule has 2 rings (SSSR count). The van der Waals surface area contributed by atoms with E-state index in [1.165, 1.54) is 0 Å². The quantitative estimate of drug-likeness (QED) is 0.879. The fourth-order valence-electron chi connectivity index (χ4n) is 2.55. The Morgan fingerprint density at radius 2 is 2.05 bits per heavy atom. The number of phenols is 1. The van der Waals surface area contributed by atoms with Gasteiger partial charge in [-0.15, -0.1) is 0 Å². The highest BCUT2D eigenvalue weighted by molar-refractivity contribution is 5.77. The summed E-state index contributed by atoms with van der Waals surface area (Å²) in [5.74, 6) is -0.852. The third kappa shape index (κ3) is 3.50. The number of amides is 1. The Morgan fingerprint density at radius 3 is 2.75 bits per heavy atom. The number of nitrogens with zero attached hydrogens (tertiary/aromatic N) is 1. The number of carbonyl (C=O) groups is 2. The Balaban J connectivity index is 1.98. The van der Waals surface area contributed by atoms with Gasteiger partial charge in [-0.25, -0.2) is 0 Å². The van der Waals surface area contributed by atoms with E-state index in [-0.39, 0.29) is 30.4 Å². The van der Waals surface area contributed by atoms with Crippen LogP contribution in [0.5, 0.6) is 5.75 Å². The molecule has 108 valence electrons. The highest BCUT2D eigenvalue weighted by Gasteiger charge is 2.22. The molecule has 0 bridgehead atoms. The van der Waals surface area contributed by atoms with Crippen molar-refractivity contribution >= 4 is 11.9 Å². The van der Waals surface area contributed by atoms with Crippen molar-refractivity contribution in [1.82, 2.24) is 4.90 Å². The zero-order valence-corrected chi connectivity index (χ0v) is 11.5. The Kier molecular flexibility index (Phi) is 4.27. The van der Waals surface area contributed by atoms with Crippen LogP contribution < -0.4 is 0 Å². The molecule has 1 unspecified atom stereocenters. The van der Waals surface area contributed by atoms with Crippen molar-refractivity contribution in [2.75, 3.05) is 6.54 Å². The Bertz CT molecular complexity index is 527. The zero-order chi connectivity index (χ0) is 14.7. The van der Waals surface area contributed by atoms with Crippen molar-refractivity contribution in [3.63, 3.8) is 0 Å². The second-order valence-corrected chi connectivity index (χ2v) is 5.43. The van der Waals surface area contributed by atoms with Crippen LogP contribution in [0.1, 0.15) is 30.9 Å². The van der Waals surface area contributed by atoms with E-state index in [9.17, 15) is 14.7 Å². The first-order chi connectivity index (χ1) is 9.45. The molecule has 1 aliphatic rings. The predicted octanol–water partition coefficient (Wildman–Crippen LogP) is 1.78. The molecule has 0 spiro atoms. The summed E-state index contributed by atoms with van der Waals surface area (Å²) in [6.45, 7) is 2.91. The molecule has 5 heteroatoms. The maximum Gasteiger partial charge on any atom is 0.303 e. The molecule has 0 fully saturated rings. The van der Waals surface area contributed by atoms with E-state index in [4.69, 9.17) is 5.11 Å². The van der Waals surface area contributed by atoms with E-state index >= 15 is 0 Å². The van der Waals surface area contributed by atoms with Gasteiger partial charge in [0.2, 0.25) is 5.91 Å². The van der Waals surface area contributed by atoms with E-state index in [2.05, 4.69) is 0 Å². The summed E-state index contributed by atoms with van der Waals surface area (Å²) in [4.78, 5) is 24.5. The third-order valence-electron chi connectivity index (χ3n) is 3.60. The number of phenolic OH excluding ortho intramolecular Hbond substituents is 1. The van der Waals surface area contributed by atoms with Gasteiger partial charge in [0.15, 0.2) is 0 Å². The molecule has 0 radical (unpaired) electrons. The van der Waals surface area contributed by atoms with Gasteiger partial charge in [-0.3, -0.25) is 9.59 Å². The summed E-state index contributed by atoms with van der Waals surface area (Å²) < 4.78 is 0. The van der Waals surface area contributed by atoms with Crippen molar-refractivity contribution in [3.05, 3.63) is 29.3 Å². The lowest BCUT2D eigenvalue weighted by Gasteiger charge is -2.29. The van der Waals surface area contributed by atoms with Crippen LogP contribution in [-0.2, 0) is 22.6 Å². The van der Waals surface area contributed by atoms with E-state index in [1.54, 1.807) is 24.0 Å². The molecule has 0 aromatic heterocycles. The van der Waals surface area contributed by atoms with Crippen LogP contribution in [0.3, 0.4) is 0 Å². The van der Waals surface area contributed by atoms with Gasteiger partial charge in [0, 0.05) is 25.9 Å². The molecule has 0 saturated carbocycles. The Hall–Kier alpha value is -2.04. The maximum atomic E-state index is 12.2. The first kappa shape index (κ1) is 14.4. The monoisotopic (exact) mass is 277 g/mol. The van der Waals surface area contributed by atoms with Crippen LogP contribution in [0.15, 0.2) is 18.2 Å². The van der Waals surface area contributed by atoms with Crippen LogP contribution in [0.2, 0.25) is 0 Å². The van der Waals surface area contributed by atoms with Gasteiger partial charge in [0.25, 0.3) is 0 Å². The average Bonchev–Trinajstić information content (AvgIpc) is 2.36. The van der Waals surface area contributed by atoms with E-state index in [0.29, 0.717) is 13.1 Å². The van der Waals surface area contributed by atoms with Gasteiger partial charge < -0.3 is 15.1 Å². The smallest absolute Gasteiger partial charge is 0.303 e. The summed E-state index contributed by atoms with van der Waals surface area (Å²) >= 11 is 0. The normalized spacial score (nSPS) is 15.6.